The normalized spacial score (nSPS) is 16.0. The number of carbonyl (C=O) groups excluding carboxylic acids is 2. The van der Waals surface area contributed by atoms with Crippen molar-refractivity contribution in [3.05, 3.63) is 122 Å². The number of hydrogen-bond donors (Lipinski definition) is 0. The van der Waals surface area contributed by atoms with Crippen molar-refractivity contribution in [1.29, 1.82) is 0 Å². The van der Waals surface area contributed by atoms with Gasteiger partial charge in [0.2, 0.25) is 0 Å². The van der Waals surface area contributed by atoms with Gasteiger partial charge in [-0.2, -0.15) is 0 Å². The number of nitro benzene ring substituents is 1. The fourth-order valence-electron chi connectivity index (χ4n) is 7.66. The van der Waals surface area contributed by atoms with Gasteiger partial charge in [0, 0.05) is 0 Å². The van der Waals surface area contributed by atoms with Crippen molar-refractivity contribution in [2.45, 2.75) is 103 Å². The molecule has 4 aromatic rings. The summed E-state index contributed by atoms with van der Waals surface area (Å²) in [6.07, 6.45) is -0.473. The maximum absolute atomic E-state index is 14.0. The number of anilines is 3. The van der Waals surface area contributed by atoms with E-state index in [1.807, 2.05) is 19.1 Å². The van der Waals surface area contributed by atoms with Crippen molar-refractivity contribution < 1.29 is 48.3 Å². The van der Waals surface area contributed by atoms with Gasteiger partial charge in [0.1, 0.15) is 0 Å². The first-order valence-electron chi connectivity index (χ1n) is 19.4. The molecule has 0 aromatic heterocycles. The van der Waals surface area contributed by atoms with Crippen LogP contribution >= 0.6 is 0 Å². The van der Waals surface area contributed by atoms with Gasteiger partial charge in [-0.3, -0.25) is 0 Å². The number of non-ortho nitro benzene ring substituents is 1. The fraction of sp³-hybridized carbons (Fsp3) is 0.400. The van der Waals surface area contributed by atoms with Crippen LogP contribution in [0.25, 0.3) is 0 Å². The summed E-state index contributed by atoms with van der Waals surface area (Å²) in [6, 6.07) is 24.5. The summed E-state index contributed by atoms with van der Waals surface area (Å²) < 4.78 is 8.80. The SMILES string of the molecule is CCC1Oc2c([CH]=[Ru+2][CH]3N(c4c(C(C)C)cccc4C(C)C)CCN3c3c(C(C)C)cccc3C(C)C)cccc2N(C(=O)c2ccc([N+](=O)[O-])cc2)C1=O.[Cl-]. The summed E-state index contributed by atoms with van der Waals surface area (Å²) in [6.45, 7) is 21.8. The Labute approximate surface area is 345 Å². The van der Waals surface area contributed by atoms with Crippen LogP contribution in [0.2, 0.25) is 0 Å². The zero-order valence-electron chi connectivity index (χ0n) is 33.7. The van der Waals surface area contributed by atoms with Gasteiger partial charge >= 0.3 is 334 Å². The van der Waals surface area contributed by atoms with Crippen molar-refractivity contribution in [2.24, 2.45) is 0 Å². The average Bonchev–Trinajstić information content (AvgIpc) is 3.58. The summed E-state index contributed by atoms with van der Waals surface area (Å²) in [5.41, 5.74) is 9.36. The predicted molar refractivity (Wildman–Crippen MR) is 219 cm³/mol. The molecule has 11 heteroatoms. The van der Waals surface area contributed by atoms with Crippen LogP contribution in [0.3, 0.4) is 0 Å². The van der Waals surface area contributed by atoms with E-state index in [1.54, 1.807) is 6.07 Å². The predicted octanol–water partition coefficient (Wildman–Crippen LogP) is 6.98. The molecule has 56 heavy (non-hydrogen) atoms. The van der Waals surface area contributed by atoms with E-state index in [-0.39, 0.29) is 28.4 Å². The minimum atomic E-state index is -0.850. The number of imide groups is 1. The molecular formula is C45H53ClN4O5Ru+. The number of amides is 2. The molecule has 1 atom stereocenters. The summed E-state index contributed by atoms with van der Waals surface area (Å²) in [4.78, 5) is 45.1. The Morgan fingerprint density at radius 1 is 0.786 bits per heavy atom. The Kier molecular flexibility index (Phi) is 13.6. The van der Waals surface area contributed by atoms with Crippen LogP contribution in [-0.2, 0) is 21.5 Å². The molecule has 297 valence electrons. The number of fused-ring (bicyclic) bond motifs is 1. The number of hydrogen-bond acceptors (Lipinski definition) is 7. The van der Waals surface area contributed by atoms with E-state index in [2.05, 4.69) is 106 Å². The molecule has 0 aliphatic carbocycles. The molecule has 0 bridgehead atoms. The molecular weight excluding hydrogens is 813 g/mol. The second-order valence-electron chi connectivity index (χ2n) is 15.6. The number of carbonyl (C=O) groups is 2. The first kappa shape index (κ1) is 42.7. The molecule has 2 amide bonds. The topological polar surface area (TPSA) is 96.2 Å². The van der Waals surface area contributed by atoms with Crippen molar-refractivity contribution >= 4 is 39.2 Å². The van der Waals surface area contributed by atoms with E-state index < -0.39 is 39.5 Å². The maximum Gasteiger partial charge on any atom is -1.00 e. The molecule has 1 unspecified atom stereocenters. The van der Waals surface area contributed by atoms with Crippen LogP contribution < -0.4 is 31.8 Å². The number of rotatable bonds is 11. The van der Waals surface area contributed by atoms with Gasteiger partial charge in [0.05, 0.1) is 0 Å². The van der Waals surface area contributed by atoms with E-state index >= 15 is 0 Å². The molecule has 4 aromatic carbocycles. The first-order valence-corrected chi connectivity index (χ1v) is 21.4. The minimum absolute atomic E-state index is 0. The van der Waals surface area contributed by atoms with Gasteiger partial charge in [0.25, 0.3) is 0 Å². The van der Waals surface area contributed by atoms with Crippen molar-refractivity contribution in [1.82, 2.24) is 0 Å². The zero-order chi connectivity index (χ0) is 39.7. The molecule has 6 rings (SSSR count). The fourth-order valence-corrected chi connectivity index (χ4v) is 10.1. The number of ether oxygens (including phenoxy) is 1. The van der Waals surface area contributed by atoms with E-state index in [4.69, 9.17) is 4.74 Å². The summed E-state index contributed by atoms with van der Waals surface area (Å²) >= 11 is -0.502. The average molecular weight is 866 g/mol. The third-order valence-electron chi connectivity index (χ3n) is 10.5. The van der Waals surface area contributed by atoms with E-state index in [0.717, 1.165) is 18.7 Å². The van der Waals surface area contributed by atoms with Gasteiger partial charge in [0.15, 0.2) is 0 Å². The van der Waals surface area contributed by atoms with Gasteiger partial charge in [-0.05, 0) is 0 Å². The van der Waals surface area contributed by atoms with Crippen molar-refractivity contribution in [3.8, 4) is 5.75 Å². The van der Waals surface area contributed by atoms with E-state index in [1.165, 1.54) is 62.8 Å². The molecule has 9 nitrogen and oxygen atoms in total. The number of nitrogens with zero attached hydrogens (tertiary/aromatic N) is 4. The quantitative estimate of drug-likeness (QED) is 0.0696. The van der Waals surface area contributed by atoms with Gasteiger partial charge in [-0.25, -0.2) is 0 Å². The molecule has 2 aliphatic rings. The molecule has 0 N–H and O–H groups in total. The van der Waals surface area contributed by atoms with Crippen LogP contribution in [0.15, 0.2) is 78.9 Å². The Balaban J connectivity index is 0.00000600. The van der Waals surface area contributed by atoms with Gasteiger partial charge < -0.3 is 12.4 Å². The molecule has 1 saturated heterocycles. The number of halogens is 1. The maximum atomic E-state index is 14.0. The molecule has 0 radical (unpaired) electrons. The summed E-state index contributed by atoms with van der Waals surface area (Å²) in [5, 5.41) is 11.3. The molecule has 2 aliphatic heterocycles. The van der Waals surface area contributed by atoms with Crippen LogP contribution in [-0.4, -0.2) is 45.3 Å². The molecule has 0 saturated carbocycles. The second-order valence-corrected chi connectivity index (χ2v) is 17.6. The molecule has 2 heterocycles. The Bertz CT molecular complexity index is 1990. The Morgan fingerprint density at radius 3 is 1.68 bits per heavy atom. The van der Waals surface area contributed by atoms with E-state index in [0.29, 0.717) is 41.5 Å². The number of benzene rings is 4. The number of para-hydroxylation sites is 3. The van der Waals surface area contributed by atoms with Crippen LogP contribution in [0, 0.1) is 10.1 Å². The standard InChI is InChI=1S/C27H39N2.C18H14N2O5.ClH.Ru/c1-18(2)22-11-9-12-23(19(3)4)26(22)28-15-16-29(17-28)27-24(20(5)6)13-10-14-25(27)21(7)8;1-3-15-18(22)19(14-6-4-5-11(2)16(14)25-15)17(21)12-7-9-13(10-8-12)20(23)24;;/h9-14,17-21H,15-16H2,1-8H3;2,4-10,15H,3H2,1H3;1H;/q;;;+2/p-1. The third kappa shape index (κ3) is 8.19. The minimum Gasteiger partial charge on any atom is -1.00 e. The molecule has 0 spiro atoms. The smallest absolute Gasteiger partial charge is 1.00 e. The third-order valence-corrected chi connectivity index (χ3v) is 13.0. The van der Waals surface area contributed by atoms with Crippen LogP contribution in [0.4, 0.5) is 22.7 Å². The van der Waals surface area contributed by atoms with Crippen LogP contribution in [0.5, 0.6) is 5.75 Å². The van der Waals surface area contributed by atoms with Crippen LogP contribution in [0.1, 0.15) is 131 Å². The Hall–Kier alpha value is -4.40. The summed E-state index contributed by atoms with van der Waals surface area (Å²) in [5.74, 6) is 0.882. The van der Waals surface area contributed by atoms with Gasteiger partial charge in [-0.1, -0.05) is 0 Å². The second kappa shape index (κ2) is 17.8. The number of nitro groups is 1. The zero-order valence-corrected chi connectivity index (χ0v) is 36.2. The van der Waals surface area contributed by atoms with Gasteiger partial charge in [-0.15, -0.1) is 0 Å². The molecule has 1 fully saturated rings. The summed E-state index contributed by atoms with van der Waals surface area (Å²) in [7, 11) is 0. The largest absolute Gasteiger partial charge is 1.00 e. The van der Waals surface area contributed by atoms with E-state index in [9.17, 15) is 19.7 Å². The Morgan fingerprint density at radius 2 is 1.25 bits per heavy atom. The monoisotopic (exact) mass is 866 g/mol. The van der Waals surface area contributed by atoms with Crippen molar-refractivity contribution in [3.63, 3.8) is 0 Å². The van der Waals surface area contributed by atoms with Crippen molar-refractivity contribution in [2.75, 3.05) is 27.8 Å². The first-order chi connectivity index (χ1) is 26.2.